The molecule has 0 saturated carbocycles. The molecular weight excluding hydrogens is 232 g/mol. The molecular formula is C12H26N4O2. The zero-order valence-corrected chi connectivity index (χ0v) is 11.7. The van der Waals surface area contributed by atoms with Crippen molar-refractivity contribution in [3.63, 3.8) is 0 Å². The van der Waals surface area contributed by atoms with Gasteiger partial charge in [0.1, 0.15) is 6.21 Å². The fraction of sp³-hybridized carbons (Fsp3) is 0.833. The Morgan fingerprint density at radius 1 is 1.28 bits per heavy atom. The Balaban J connectivity index is 3.58. The summed E-state index contributed by atoms with van der Waals surface area (Å²) in [6.07, 6.45) is 2.93. The fourth-order valence-corrected chi connectivity index (χ4v) is 1.65. The molecule has 0 radical (unpaired) electrons. The summed E-state index contributed by atoms with van der Waals surface area (Å²) in [7, 11) is 4.16. The second kappa shape index (κ2) is 11.0. The summed E-state index contributed by atoms with van der Waals surface area (Å²) < 4.78 is 0. The molecule has 0 aromatic rings. The summed E-state index contributed by atoms with van der Waals surface area (Å²) >= 11 is 0. The van der Waals surface area contributed by atoms with Crippen LogP contribution in [-0.4, -0.2) is 73.9 Å². The molecule has 0 aromatic carbocycles. The largest absolute Gasteiger partial charge is 0.411 e. The number of hydrogen-bond acceptors (Lipinski definition) is 5. The summed E-state index contributed by atoms with van der Waals surface area (Å²) in [5, 5.41) is 13.5. The van der Waals surface area contributed by atoms with Crippen molar-refractivity contribution in [2.45, 2.75) is 19.8 Å². The molecule has 1 amide bonds. The standard InChI is InChI=1S/C12H26N4O2/c1-4-16(10-6-8-15(2)3)9-5-7-13-12(17)11-14-18/h11,18H,4-10H2,1-3H3,(H,13,17)/b14-11+. The molecule has 0 spiro atoms. The molecule has 106 valence electrons. The zero-order chi connectivity index (χ0) is 13.8. The second-order valence-electron chi connectivity index (χ2n) is 4.48. The van der Waals surface area contributed by atoms with E-state index in [2.05, 4.69) is 41.3 Å². The summed E-state index contributed by atoms with van der Waals surface area (Å²) in [4.78, 5) is 15.5. The van der Waals surface area contributed by atoms with Crippen molar-refractivity contribution in [3.8, 4) is 0 Å². The molecule has 18 heavy (non-hydrogen) atoms. The van der Waals surface area contributed by atoms with Crippen LogP contribution >= 0.6 is 0 Å². The zero-order valence-electron chi connectivity index (χ0n) is 11.7. The summed E-state index contributed by atoms with van der Waals surface area (Å²) in [6.45, 7) is 6.93. The average molecular weight is 258 g/mol. The molecule has 2 N–H and O–H groups in total. The van der Waals surface area contributed by atoms with Crippen molar-refractivity contribution < 1.29 is 10.0 Å². The van der Waals surface area contributed by atoms with Crippen molar-refractivity contribution in [1.82, 2.24) is 15.1 Å². The van der Waals surface area contributed by atoms with Gasteiger partial charge in [-0.15, -0.1) is 0 Å². The summed E-state index contributed by atoms with van der Waals surface area (Å²) in [5.41, 5.74) is 0. The summed E-state index contributed by atoms with van der Waals surface area (Å²) in [6, 6.07) is 0. The monoisotopic (exact) mass is 258 g/mol. The van der Waals surface area contributed by atoms with E-state index < -0.39 is 0 Å². The lowest BCUT2D eigenvalue weighted by Crippen LogP contribution is -2.32. The third-order valence-corrected chi connectivity index (χ3v) is 2.65. The molecule has 0 aliphatic heterocycles. The van der Waals surface area contributed by atoms with E-state index in [-0.39, 0.29) is 5.91 Å². The molecule has 0 aliphatic carbocycles. The van der Waals surface area contributed by atoms with Gasteiger partial charge in [0.05, 0.1) is 0 Å². The molecule has 0 unspecified atom stereocenters. The molecule has 0 rings (SSSR count). The fourth-order valence-electron chi connectivity index (χ4n) is 1.65. The molecule has 0 atom stereocenters. The van der Waals surface area contributed by atoms with E-state index in [0.29, 0.717) is 6.54 Å². The Hall–Kier alpha value is -1.14. The summed E-state index contributed by atoms with van der Waals surface area (Å²) in [5.74, 6) is -0.354. The van der Waals surface area contributed by atoms with Gasteiger partial charge in [-0.3, -0.25) is 4.79 Å². The number of nitrogens with one attached hydrogen (secondary N) is 1. The molecule has 6 nitrogen and oxygen atoms in total. The molecule has 0 aliphatic rings. The number of carbonyl (C=O) groups excluding carboxylic acids is 1. The van der Waals surface area contributed by atoms with Gasteiger partial charge in [0.2, 0.25) is 0 Å². The third kappa shape index (κ3) is 10.0. The van der Waals surface area contributed by atoms with Crippen LogP contribution in [0.25, 0.3) is 0 Å². The predicted octanol–water partition coefficient (Wildman–Crippen LogP) is 0.226. The van der Waals surface area contributed by atoms with E-state index in [9.17, 15) is 4.79 Å². The van der Waals surface area contributed by atoms with E-state index in [1.54, 1.807) is 0 Å². The van der Waals surface area contributed by atoms with Crippen molar-refractivity contribution in [1.29, 1.82) is 0 Å². The van der Waals surface area contributed by atoms with Gasteiger partial charge in [-0.25, -0.2) is 0 Å². The molecule has 0 heterocycles. The first-order valence-electron chi connectivity index (χ1n) is 6.42. The van der Waals surface area contributed by atoms with Crippen LogP contribution in [0.2, 0.25) is 0 Å². The van der Waals surface area contributed by atoms with Crippen LogP contribution in [0.3, 0.4) is 0 Å². The topological polar surface area (TPSA) is 68.2 Å². The van der Waals surface area contributed by atoms with Crippen molar-refractivity contribution in [2.75, 3.05) is 46.8 Å². The number of rotatable bonds is 10. The number of nitrogens with zero attached hydrogens (tertiary/aromatic N) is 3. The highest BCUT2D eigenvalue weighted by Crippen LogP contribution is 1.94. The predicted molar refractivity (Wildman–Crippen MR) is 73.2 cm³/mol. The van der Waals surface area contributed by atoms with E-state index in [4.69, 9.17) is 5.21 Å². The SMILES string of the molecule is CCN(CCCNC(=O)/C=N/O)CCCN(C)C. The average Bonchev–Trinajstić information content (AvgIpc) is 2.32. The van der Waals surface area contributed by atoms with E-state index in [1.807, 2.05) is 0 Å². The van der Waals surface area contributed by atoms with E-state index in [0.717, 1.165) is 45.2 Å². The van der Waals surface area contributed by atoms with Crippen LogP contribution in [0, 0.1) is 0 Å². The smallest absolute Gasteiger partial charge is 0.265 e. The number of oxime groups is 1. The van der Waals surface area contributed by atoms with Crippen molar-refractivity contribution >= 4 is 12.1 Å². The van der Waals surface area contributed by atoms with E-state index >= 15 is 0 Å². The van der Waals surface area contributed by atoms with Crippen LogP contribution < -0.4 is 5.32 Å². The normalized spacial score (nSPS) is 11.6. The van der Waals surface area contributed by atoms with Crippen LogP contribution in [0.5, 0.6) is 0 Å². The molecule has 0 bridgehead atoms. The molecule has 6 heteroatoms. The second-order valence-corrected chi connectivity index (χ2v) is 4.48. The lowest BCUT2D eigenvalue weighted by Gasteiger charge is -2.21. The van der Waals surface area contributed by atoms with Crippen LogP contribution in [-0.2, 0) is 4.79 Å². The molecule has 0 aromatic heterocycles. The van der Waals surface area contributed by atoms with Crippen LogP contribution in [0.15, 0.2) is 5.16 Å². The van der Waals surface area contributed by atoms with E-state index in [1.165, 1.54) is 0 Å². The maximum atomic E-state index is 11.0. The number of amides is 1. The van der Waals surface area contributed by atoms with Gasteiger partial charge >= 0.3 is 0 Å². The van der Waals surface area contributed by atoms with Crippen LogP contribution in [0.1, 0.15) is 19.8 Å². The minimum Gasteiger partial charge on any atom is -0.411 e. The quantitative estimate of drug-likeness (QED) is 0.255. The highest BCUT2D eigenvalue weighted by Gasteiger charge is 2.03. The van der Waals surface area contributed by atoms with Gasteiger partial charge in [0.25, 0.3) is 5.91 Å². The van der Waals surface area contributed by atoms with Crippen molar-refractivity contribution in [2.24, 2.45) is 5.16 Å². The highest BCUT2D eigenvalue weighted by molar-refractivity contribution is 6.25. The highest BCUT2D eigenvalue weighted by atomic mass is 16.4. The van der Waals surface area contributed by atoms with Crippen LogP contribution in [0.4, 0.5) is 0 Å². The van der Waals surface area contributed by atoms with Gasteiger partial charge in [-0.2, -0.15) is 0 Å². The Morgan fingerprint density at radius 2 is 1.94 bits per heavy atom. The van der Waals surface area contributed by atoms with Gasteiger partial charge in [0.15, 0.2) is 0 Å². The molecule has 0 fully saturated rings. The van der Waals surface area contributed by atoms with Gasteiger partial charge in [0, 0.05) is 6.54 Å². The minimum absolute atomic E-state index is 0.354. The van der Waals surface area contributed by atoms with Crippen molar-refractivity contribution in [3.05, 3.63) is 0 Å². The maximum absolute atomic E-state index is 11.0. The lowest BCUT2D eigenvalue weighted by molar-refractivity contribution is -0.114. The first-order chi connectivity index (χ1) is 8.60. The first kappa shape index (κ1) is 16.9. The Morgan fingerprint density at radius 3 is 2.50 bits per heavy atom. The first-order valence-corrected chi connectivity index (χ1v) is 6.42. The number of hydrogen-bond donors (Lipinski definition) is 2. The number of carbonyl (C=O) groups is 1. The third-order valence-electron chi connectivity index (χ3n) is 2.65. The maximum Gasteiger partial charge on any atom is 0.265 e. The Labute approximate surface area is 110 Å². The molecule has 0 saturated heterocycles. The lowest BCUT2D eigenvalue weighted by atomic mass is 10.3. The minimum atomic E-state index is -0.354. The van der Waals surface area contributed by atoms with Gasteiger partial charge in [-0.05, 0) is 53.1 Å². The Bertz CT molecular complexity index is 244. The Kier molecular flexibility index (Phi) is 10.3. The van der Waals surface area contributed by atoms with Gasteiger partial charge < -0.3 is 20.3 Å². The van der Waals surface area contributed by atoms with Gasteiger partial charge in [-0.1, -0.05) is 12.1 Å².